The van der Waals surface area contributed by atoms with E-state index >= 15 is 0 Å². The molecule has 0 aromatic rings. The summed E-state index contributed by atoms with van der Waals surface area (Å²) >= 11 is 0. The van der Waals surface area contributed by atoms with Crippen LogP contribution in [0.4, 0.5) is 0 Å². The Morgan fingerprint density at radius 2 is 0.391 bits per heavy atom. The summed E-state index contributed by atoms with van der Waals surface area (Å²) in [6, 6.07) is 0. The van der Waals surface area contributed by atoms with Gasteiger partial charge in [-0.05, 0) is 38.5 Å². The normalized spacial score (nSPS) is 12.1. The van der Waals surface area contributed by atoms with Crippen molar-refractivity contribution < 1.29 is 185 Å². The minimum Gasteiger partial charge on any atom is -0.747 e. The molecule has 0 rings (SSSR count). The van der Waals surface area contributed by atoms with E-state index in [2.05, 4.69) is 41.5 Å². The van der Waals surface area contributed by atoms with Gasteiger partial charge in [-0.25, -0.2) is 25.3 Å². The van der Waals surface area contributed by atoms with E-state index < -0.39 is 101 Å². The van der Waals surface area contributed by atoms with Crippen molar-refractivity contribution in [1.29, 1.82) is 0 Å². The Morgan fingerprint density at radius 3 is 0.540 bits per heavy atom. The van der Waals surface area contributed by atoms with Crippen LogP contribution in [0.2, 0.25) is 0 Å². The van der Waals surface area contributed by atoms with Crippen molar-refractivity contribution in [2.24, 2.45) is 0 Å². The summed E-state index contributed by atoms with van der Waals surface area (Å²) in [7, 11) is -15.0. The number of rotatable bonds is 54. The van der Waals surface area contributed by atoms with E-state index in [1.54, 1.807) is 0 Å². The van der Waals surface area contributed by atoms with E-state index in [0.29, 0.717) is 38.5 Å². The van der Waals surface area contributed by atoms with Gasteiger partial charge in [0.25, 0.3) is 0 Å². The molecule has 0 bridgehead atoms. The molecule has 21 nitrogen and oxygen atoms in total. The molecular formula is C60H111Na3O21S3. The number of carbonyl (C=O) groups is 6. The third kappa shape index (κ3) is 65.4. The van der Waals surface area contributed by atoms with Crippen molar-refractivity contribution in [3.05, 3.63) is 0 Å². The van der Waals surface area contributed by atoms with Gasteiger partial charge >= 0.3 is 124 Å². The molecule has 0 aromatic carbocycles. The molecule has 3 unspecified atom stereocenters. The van der Waals surface area contributed by atoms with Gasteiger partial charge in [0.05, 0.1) is 58.9 Å². The molecule has 0 fully saturated rings. The van der Waals surface area contributed by atoms with E-state index in [1.807, 2.05) is 0 Å². The molecule has 0 saturated carbocycles. The van der Waals surface area contributed by atoms with Gasteiger partial charge in [0, 0.05) is 0 Å². The second-order valence-electron chi connectivity index (χ2n) is 21.3. The van der Waals surface area contributed by atoms with E-state index in [4.69, 9.17) is 28.4 Å². The van der Waals surface area contributed by atoms with Crippen molar-refractivity contribution in [1.82, 2.24) is 0 Å². The smallest absolute Gasteiger partial charge is 0.747 e. The Hall–Kier alpha value is -0.450. The first-order chi connectivity index (χ1) is 40.0. The summed E-state index contributed by atoms with van der Waals surface area (Å²) in [4.78, 5) is 71.1. The van der Waals surface area contributed by atoms with Gasteiger partial charge in [-0.1, -0.05) is 234 Å². The predicted octanol–water partition coefficient (Wildman–Crippen LogP) is 3.31. The molecule has 87 heavy (non-hydrogen) atoms. The Balaban J connectivity index is -0.000000278. The first-order valence-electron chi connectivity index (χ1n) is 31.8. The van der Waals surface area contributed by atoms with Crippen LogP contribution >= 0.6 is 0 Å². The van der Waals surface area contributed by atoms with E-state index in [0.717, 1.165) is 173 Å². The number of ether oxygens (including phenoxy) is 6. The third-order valence-electron chi connectivity index (χ3n) is 13.4. The molecule has 0 aliphatic heterocycles. The largest absolute Gasteiger partial charge is 1.00 e. The molecular weight excluding hydrogens is 1220 g/mol. The van der Waals surface area contributed by atoms with Crippen molar-refractivity contribution in [2.75, 3.05) is 39.6 Å². The van der Waals surface area contributed by atoms with Gasteiger partial charge < -0.3 is 42.1 Å². The first-order valence-corrected chi connectivity index (χ1v) is 36.2. The molecule has 0 N–H and O–H groups in total. The zero-order chi connectivity index (χ0) is 63.8. The number of hydrogen-bond acceptors (Lipinski definition) is 21. The molecule has 0 aliphatic rings. The van der Waals surface area contributed by atoms with Crippen LogP contribution in [0.15, 0.2) is 0 Å². The van der Waals surface area contributed by atoms with Gasteiger partial charge in [-0.2, -0.15) is 0 Å². The summed E-state index contributed by atoms with van der Waals surface area (Å²) < 4.78 is 131. The molecule has 0 aromatic heterocycles. The quantitative estimate of drug-likeness (QED) is 0.0277. The zero-order valence-corrected chi connectivity index (χ0v) is 63.8. The maximum absolute atomic E-state index is 11.9. The van der Waals surface area contributed by atoms with Crippen molar-refractivity contribution in [3.63, 3.8) is 0 Å². The molecule has 0 spiro atoms. The molecule has 0 saturated heterocycles. The van der Waals surface area contributed by atoms with Gasteiger partial charge in [-0.3, -0.25) is 28.8 Å². The maximum atomic E-state index is 11.9. The number of hydrogen-bond donors (Lipinski definition) is 0. The molecule has 498 valence electrons. The van der Waals surface area contributed by atoms with E-state index in [9.17, 15) is 67.7 Å². The molecule has 0 amide bonds. The van der Waals surface area contributed by atoms with E-state index in [-0.39, 0.29) is 128 Å². The van der Waals surface area contributed by atoms with Gasteiger partial charge in [-0.15, -0.1) is 0 Å². The first kappa shape index (κ1) is 97.6. The average molecular weight is 1330 g/mol. The SMILES string of the molecule is CCCCCCCCOC(=O)CC(C(=O)OCCCCCCCC)S(=O)(=O)[O-].CCCCCCCCOC(=O)CC(C(=O)OCCCCCCCC)S(=O)(=O)[O-].CCCCCCCCOC(=O)CC(C(=O)OCCCCCCCC)S(=O)(=O)[O-].[Na+].[Na+].[Na+]. The Labute approximate surface area is 592 Å². The van der Waals surface area contributed by atoms with Crippen LogP contribution in [0.5, 0.6) is 0 Å². The number of esters is 6. The summed E-state index contributed by atoms with van der Waals surface area (Å²) in [5.74, 6) is -6.10. The third-order valence-corrected chi connectivity index (χ3v) is 16.6. The Bertz CT molecular complexity index is 1790. The topological polar surface area (TPSA) is 329 Å². The van der Waals surface area contributed by atoms with Crippen LogP contribution in [0.3, 0.4) is 0 Å². The summed E-state index contributed by atoms with van der Waals surface area (Å²) in [6.07, 6.45) is 33.5. The predicted molar refractivity (Wildman–Crippen MR) is 320 cm³/mol. The molecule has 0 radical (unpaired) electrons. The minimum atomic E-state index is -4.98. The standard InChI is InChI=1S/3C20H38O7S.3Na/c3*1-3-5-7-9-11-13-15-26-19(21)17-18(28(23,24)25)20(22)27-16-14-12-10-8-6-4-2;;;/h3*18H,3-17H2,1-2H3,(H,23,24,25);;;/q;;;3*+1/p-3. The van der Waals surface area contributed by atoms with Gasteiger partial charge in [0.15, 0.2) is 15.7 Å². The van der Waals surface area contributed by atoms with E-state index in [1.165, 1.54) is 19.3 Å². The minimum absolute atomic E-state index is 0. The molecule has 3 atom stereocenters. The fourth-order valence-electron chi connectivity index (χ4n) is 8.19. The average Bonchev–Trinajstić information content (AvgIpc) is 3.64. The monoisotopic (exact) mass is 1330 g/mol. The van der Waals surface area contributed by atoms with Crippen LogP contribution in [0, 0.1) is 0 Å². The van der Waals surface area contributed by atoms with Crippen LogP contribution in [-0.4, -0.2) is 130 Å². The molecule has 27 heteroatoms. The molecule has 0 heterocycles. The van der Waals surface area contributed by atoms with Crippen molar-refractivity contribution in [3.8, 4) is 0 Å². The van der Waals surface area contributed by atoms with Crippen LogP contribution in [-0.2, 0) is 87.5 Å². The van der Waals surface area contributed by atoms with Crippen LogP contribution in [0.25, 0.3) is 0 Å². The fraction of sp³-hybridized carbons (Fsp3) is 0.900. The summed E-state index contributed by atoms with van der Waals surface area (Å²) in [5, 5.41) is -6.11. The fourth-order valence-corrected chi connectivity index (χ4v) is 10.1. The van der Waals surface area contributed by atoms with Crippen molar-refractivity contribution >= 4 is 66.2 Å². The number of unbranched alkanes of at least 4 members (excludes halogenated alkanes) is 30. The second kappa shape index (κ2) is 67.0. The Morgan fingerprint density at radius 1 is 0.253 bits per heavy atom. The Kier molecular flexibility index (Phi) is 75.2. The van der Waals surface area contributed by atoms with Crippen LogP contribution < -0.4 is 88.7 Å². The van der Waals surface area contributed by atoms with Crippen molar-refractivity contribution in [2.45, 2.75) is 308 Å². The van der Waals surface area contributed by atoms with Gasteiger partial charge in [0.2, 0.25) is 0 Å². The molecule has 0 aliphatic carbocycles. The van der Waals surface area contributed by atoms with Crippen LogP contribution in [0.1, 0.15) is 292 Å². The summed E-state index contributed by atoms with van der Waals surface area (Å²) in [6.45, 7) is 13.3. The maximum Gasteiger partial charge on any atom is 1.00 e. The second-order valence-corrected chi connectivity index (χ2v) is 26.0. The zero-order valence-electron chi connectivity index (χ0n) is 55.3. The summed E-state index contributed by atoms with van der Waals surface area (Å²) in [5.41, 5.74) is 0. The van der Waals surface area contributed by atoms with Gasteiger partial charge in [0.1, 0.15) is 30.4 Å². The number of carbonyl (C=O) groups excluding carboxylic acids is 6.